The number of carboxylic acids is 2. The molecule has 314 valence electrons. The average Bonchev–Trinajstić information content (AvgIpc) is 3.64. The third-order valence-electron chi connectivity index (χ3n) is 8.12. The molecule has 0 aliphatic heterocycles. The van der Waals surface area contributed by atoms with E-state index in [2.05, 4.69) is 41.9 Å². The first kappa shape index (κ1) is 48.3. The number of H-pyrrole nitrogens is 1. The van der Waals surface area contributed by atoms with E-state index in [1.54, 1.807) is 0 Å². The van der Waals surface area contributed by atoms with Crippen molar-refractivity contribution in [2.75, 3.05) is 13.2 Å². The van der Waals surface area contributed by atoms with Crippen LogP contribution in [0.5, 0.6) is 0 Å². The summed E-state index contributed by atoms with van der Waals surface area (Å²) >= 11 is 0. The molecule has 1 aromatic heterocycles. The molecule has 1 heterocycles. The van der Waals surface area contributed by atoms with Gasteiger partial charge in [0.1, 0.15) is 36.3 Å². The summed E-state index contributed by atoms with van der Waals surface area (Å²) in [6.45, 7) is 1.78. The molecule has 7 amide bonds. The van der Waals surface area contributed by atoms with Crippen LogP contribution in [0, 0.1) is 0 Å². The van der Waals surface area contributed by atoms with Crippen molar-refractivity contribution in [3.8, 4) is 0 Å². The molecule has 0 saturated heterocycles. The lowest BCUT2D eigenvalue weighted by molar-refractivity contribution is -0.143. The second kappa shape index (κ2) is 24.6. The minimum Gasteiger partial charge on any atom is -0.481 e. The third kappa shape index (κ3) is 17.6. The van der Waals surface area contributed by atoms with Gasteiger partial charge in [-0.2, -0.15) is 0 Å². The molecule has 0 aliphatic carbocycles. The van der Waals surface area contributed by atoms with Gasteiger partial charge in [0.15, 0.2) is 0 Å². The highest BCUT2D eigenvalue weighted by Crippen LogP contribution is 2.06. The first-order valence-electron chi connectivity index (χ1n) is 17.6. The van der Waals surface area contributed by atoms with E-state index < -0.39 is 134 Å². The van der Waals surface area contributed by atoms with Crippen LogP contribution in [0.2, 0.25) is 0 Å². The fourth-order valence-electron chi connectivity index (χ4n) is 4.89. The van der Waals surface area contributed by atoms with E-state index in [0.717, 1.165) is 0 Å². The van der Waals surface area contributed by atoms with Crippen LogP contribution in [0.1, 0.15) is 64.5 Å². The fraction of sp³-hybridized carbons (Fsp3) is 0.625. The number of aromatic nitrogens is 2. The highest BCUT2D eigenvalue weighted by molar-refractivity contribution is 5.97. The van der Waals surface area contributed by atoms with Crippen LogP contribution < -0.4 is 49.1 Å². The number of nitrogens with one attached hydrogen (secondary N) is 7. The zero-order chi connectivity index (χ0) is 42.5. The van der Waals surface area contributed by atoms with E-state index in [-0.39, 0.29) is 12.8 Å². The Bertz CT molecular complexity index is 1510. The quantitative estimate of drug-likeness (QED) is 0.0368. The predicted molar refractivity (Wildman–Crippen MR) is 192 cm³/mol. The van der Waals surface area contributed by atoms with Gasteiger partial charge in [0, 0.05) is 31.2 Å². The number of primary amides is 1. The van der Waals surface area contributed by atoms with Crippen LogP contribution in [-0.2, 0) is 49.6 Å². The minimum absolute atomic E-state index is 0.244. The second-order valence-electron chi connectivity index (χ2n) is 12.8. The lowest BCUT2D eigenvalue weighted by atomic mass is 10.1. The Morgan fingerprint density at radius 1 is 0.732 bits per heavy atom. The number of nitrogens with zero attached hydrogens (tertiary/aromatic N) is 1. The number of unbranched alkanes of at least 4 members (excludes halogenated alkanes) is 1. The molecule has 56 heavy (non-hydrogen) atoms. The highest BCUT2D eigenvalue weighted by Gasteiger charge is 2.34. The number of rotatable bonds is 27. The highest BCUT2D eigenvalue weighted by atomic mass is 16.4. The van der Waals surface area contributed by atoms with E-state index >= 15 is 0 Å². The number of hydrogen-bond acceptors (Lipinski definition) is 14. The smallest absolute Gasteiger partial charge is 0.326 e. The summed E-state index contributed by atoms with van der Waals surface area (Å²) in [5.41, 5.74) is 16.8. The van der Waals surface area contributed by atoms with Crippen LogP contribution in [-0.4, -0.2) is 145 Å². The van der Waals surface area contributed by atoms with Crippen LogP contribution in [0.15, 0.2) is 12.5 Å². The number of carbonyl (C=O) groups excluding carboxylic acids is 7. The Hall–Kier alpha value is -5.72. The number of nitrogens with two attached hydrogens (primary N) is 3. The molecule has 17 N–H and O–H groups in total. The predicted octanol–water partition coefficient (Wildman–Crippen LogP) is -6.07. The molecule has 1 aromatic rings. The maximum atomic E-state index is 13.5. The van der Waals surface area contributed by atoms with Gasteiger partial charge >= 0.3 is 11.9 Å². The Labute approximate surface area is 320 Å². The Balaban J connectivity index is 3.12. The summed E-state index contributed by atoms with van der Waals surface area (Å²) in [6, 6.07) is -10.5. The molecule has 1 rings (SSSR count). The van der Waals surface area contributed by atoms with E-state index in [0.29, 0.717) is 25.1 Å². The summed E-state index contributed by atoms with van der Waals surface area (Å²) in [6.07, 6.45) is 0.325. The molecule has 0 fully saturated rings. The SMILES string of the molecule is C[C@H](NC(=O)[C@H](Cc1cnc[nH]1)NC(=O)[C@H](CO)NC(=O)[C@@H](NC(=O)[C@@H](N)CCCCN)[C@@H](C)O)C(=O)N[C@@H](CCC(N)=O)C(=O)N[C@@H](CCC(=O)O)C(=O)O. The van der Waals surface area contributed by atoms with E-state index in [1.165, 1.54) is 26.4 Å². The van der Waals surface area contributed by atoms with Crippen LogP contribution in [0.3, 0.4) is 0 Å². The van der Waals surface area contributed by atoms with Gasteiger partial charge in [0.05, 0.1) is 25.1 Å². The molecule has 0 aromatic carbocycles. The van der Waals surface area contributed by atoms with Crippen molar-refractivity contribution in [2.24, 2.45) is 17.2 Å². The van der Waals surface area contributed by atoms with E-state index in [1.807, 2.05) is 0 Å². The number of hydrogen-bond donors (Lipinski definition) is 14. The van der Waals surface area contributed by atoms with Crippen LogP contribution in [0.4, 0.5) is 0 Å². The third-order valence-corrected chi connectivity index (χ3v) is 8.12. The van der Waals surface area contributed by atoms with Crippen molar-refractivity contribution in [2.45, 2.75) is 114 Å². The number of aliphatic hydroxyl groups excluding tert-OH is 2. The lowest BCUT2D eigenvalue weighted by Crippen LogP contribution is -2.61. The summed E-state index contributed by atoms with van der Waals surface area (Å²) < 4.78 is 0. The maximum absolute atomic E-state index is 13.5. The number of aliphatic hydroxyl groups is 2. The topological polar surface area (TPSA) is 413 Å². The van der Waals surface area contributed by atoms with Gasteiger partial charge in [-0.15, -0.1) is 0 Å². The second-order valence-corrected chi connectivity index (χ2v) is 12.8. The van der Waals surface area contributed by atoms with Crippen molar-refractivity contribution in [3.63, 3.8) is 0 Å². The normalized spacial score (nSPS) is 15.2. The molecular weight excluding hydrogens is 746 g/mol. The number of carboxylic acid groups (broad SMARTS) is 2. The van der Waals surface area contributed by atoms with Crippen LogP contribution in [0.25, 0.3) is 0 Å². The number of imidazole rings is 1. The lowest BCUT2D eigenvalue weighted by Gasteiger charge is -2.27. The zero-order valence-electron chi connectivity index (χ0n) is 31.0. The van der Waals surface area contributed by atoms with Crippen molar-refractivity contribution in [3.05, 3.63) is 18.2 Å². The Morgan fingerprint density at radius 2 is 1.30 bits per heavy atom. The molecule has 24 heteroatoms. The zero-order valence-corrected chi connectivity index (χ0v) is 31.0. The number of carbonyl (C=O) groups is 9. The first-order chi connectivity index (χ1) is 26.3. The van der Waals surface area contributed by atoms with Gasteiger partial charge in [0.2, 0.25) is 41.4 Å². The minimum atomic E-state index is -1.72. The summed E-state index contributed by atoms with van der Waals surface area (Å²) in [5, 5.41) is 52.1. The molecule has 0 spiro atoms. The summed E-state index contributed by atoms with van der Waals surface area (Å²) in [4.78, 5) is 119. The van der Waals surface area contributed by atoms with Gasteiger partial charge in [0.25, 0.3) is 0 Å². The van der Waals surface area contributed by atoms with Crippen molar-refractivity contribution in [1.82, 2.24) is 41.9 Å². The maximum Gasteiger partial charge on any atom is 0.326 e. The van der Waals surface area contributed by atoms with Crippen molar-refractivity contribution < 1.29 is 63.6 Å². The van der Waals surface area contributed by atoms with E-state index in [9.17, 15) is 58.5 Å². The fourth-order valence-corrected chi connectivity index (χ4v) is 4.89. The summed E-state index contributed by atoms with van der Waals surface area (Å²) in [5.74, 6) is -9.73. The van der Waals surface area contributed by atoms with Gasteiger partial charge in [-0.3, -0.25) is 38.4 Å². The van der Waals surface area contributed by atoms with Crippen molar-refractivity contribution in [1.29, 1.82) is 0 Å². The largest absolute Gasteiger partial charge is 0.481 e. The molecule has 0 bridgehead atoms. The molecular formula is C32H53N11O13. The molecule has 24 nitrogen and oxygen atoms in total. The van der Waals surface area contributed by atoms with E-state index in [4.69, 9.17) is 22.3 Å². The van der Waals surface area contributed by atoms with Crippen molar-refractivity contribution >= 4 is 53.3 Å². The van der Waals surface area contributed by atoms with Gasteiger partial charge in [-0.05, 0) is 46.1 Å². The molecule has 0 saturated carbocycles. The number of amides is 7. The summed E-state index contributed by atoms with van der Waals surface area (Å²) in [7, 11) is 0. The molecule has 0 aliphatic rings. The van der Waals surface area contributed by atoms with Gasteiger partial charge < -0.3 is 74.5 Å². The molecule has 0 unspecified atom stereocenters. The standard InChI is InChI=1S/C32H53N11O13/c1-15(26(49)39-19(6-8-23(35)46)28(51)40-20(32(55)56)7-9-24(47)48)38-29(52)21(11-17-12-36-14-37-17)41-30(53)22(13-44)42-31(54)25(16(2)45)43-27(50)18(34)5-3-4-10-33/h12,14-16,18-22,25,44-45H,3-11,13,33-34H2,1-2H3,(H2,35,46)(H,36,37)(H,38,52)(H,39,49)(H,40,51)(H,41,53)(H,42,54)(H,43,50)(H,47,48)(H,55,56)/t15-,16+,18-,19-,20-,21-,22-,25-/m0/s1. The van der Waals surface area contributed by atoms with Gasteiger partial charge in [-0.1, -0.05) is 6.42 Å². The first-order valence-corrected chi connectivity index (χ1v) is 17.6. The van der Waals surface area contributed by atoms with Crippen LogP contribution >= 0.6 is 0 Å². The molecule has 0 radical (unpaired) electrons. The number of aliphatic carboxylic acids is 2. The Kier molecular flexibility index (Phi) is 21.3. The number of aromatic amines is 1. The van der Waals surface area contributed by atoms with Gasteiger partial charge in [-0.25, -0.2) is 9.78 Å². The molecule has 8 atom stereocenters. The Morgan fingerprint density at radius 3 is 1.84 bits per heavy atom. The monoisotopic (exact) mass is 799 g/mol. The average molecular weight is 800 g/mol.